The molecule has 0 heterocycles. The van der Waals surface area contributed by atoms with E-state index in [1.54, 1.807) is 0 Å². The van der Waals surface area contributed by atoms with Gasteiger partial charge >= 0.3 is 0 Å². The molecule has 0 spiro atoms. The molecule has 1 atom stereocenters. The molecule has 0 saturated carbocycles. The summed E-state index contributed by atoms with van der Waals surface area (Å²) in [5, 5.41) is 0. The van der Waals surface area contributed by atoms with E-state index in [1.165, 1.54) is 16.7 Å². The highest BCUT2D eigenvalue weighted by molar-refractivity contribution is 5.74. The summed E-state index contributed by atoms with van der Waals surface area (Å²) in [6.07, 6.45) is 1.40. The van der Waals surface area contributed by atoms with Gasteiger partial charge in [-0.2, -0.15) is 0 Å². The molecule has 1 rings (SSSR count). The van der Waals surface area contributed by atoms with Crippen LogP contribution in [-0.4, -0.2) is 5.91 Å². The lowest BCUT2D eigenvalue weighted by Crippen LogP contribution is -2.15. The molecular weight excluding hydrogens is 186 g/mol. The van der Waals surface area contributed by atoms with Crippen LogP contribution in [0.2, 0.25) is 0 Å². The third-order valence-corrected chi connectivity index (χ3v) is 2.81. The molecule has 1 aromatic carbocycles. The Balaban J connectivity index is 2.96. The van der Waals surface area contributed by atoms with E-state index in [4.69, 9.17) is 5.73 Å². The lowest BCUT2D eigenvalue weighted by Gasteiger charge is -2.16. The minimum Gasteiger partial charge on any atom is -0.370 e. The van der Waals surface area contributed by atoms with E-state index in [0.29, 0.717) is 6.42 Å². The minimum absolute atomic E-state index is 0.221. The maximum absolute atomic E-state index is 10.9. The second-order valence-corrected chi connectivity index (χ2v) is 4.14. The van der Waals surface area contributed by atoms with E-state index in [9.17, 15) is 4.79 Å². The first kappa shape index (κ1) is 11.8. The number of primary amides is 1. The van der Waals surface area contributed by atoms with Gasteiger partial charge in [0, 0.05) is 6.42 Å². The van der Waals surface area contributed by atoms with E-state index in [1.807, 2.05) is 0 Å². The molecule has 82 valence electrons. The van der Waals surface area contributed by atoms with Crippen molar-refractivity contribution >= 4 is 5.91 Å². The van der Waals surface area contributed by atoms with Gasteiger partial charge in [-0.1, -0.05) is 30.7 Å². The predicted octanol–water partition coefficient (Wildman–Crippen LogP) is 2.67. The molecule has 1 amide bonds. The summed E-state index contributed by atoms with van der Waals surface area (Å²) >= 11 is 0. The molecule has 0 aromatic heterocycles. The molecule has 0 aliphatic carbocycles. The SMILES string of the molecule is CCC(CC(N)=O)c1ccc(C)cc1C. The van der Waals surface area contributed by atoms with Crippen molar-refractivity contribution in [2.24, 2.45) is 5.73 Å². The largest absolute Gasteiger partial charge is 0.370 e. The van der Waals surface area contributed by atoms with Crippen LogP contribution in [0.5, 0.6) is 0 Å². The highest BCUT2D eigenvalue weighted by Gasteiger charge is 2.14. The zero-order chi connectivity index (χ0) is 11.4. The molecule has 1 aromatic rings. The Bertz CT molecular complexity index is 358. The normalized spacial score (nSPS) is 12.5. The Morgan fingerprint density at radius 2 is 2.07 bits per heavy atom. The minimum atomic E-state index is -0.221. The van der Waals surface area contributed by atoms with Gasteiger partial charge in [-0.05, 0) is 37.3 Å². The van der Waals surface area contributed by atoms with Gasteiger partial charge in [0.2, 0.25) is 5.91 Å². The van der Waals surface area contributed by atoms with Crippen LogP contribution < -0.4 is 5.73 Å². The second-order valence-electron chi connectivity index (χ2n) is 4.14. The van der Waals surface area contributed by atoms with Crippen molar-refractivity contribution in [3.05, 3.63) is 34.9 Å². The van der Waals surface area contributed by atoms with Gasteiger partial charge < -0.3 is 5.73 Å². The number of benzene rings is 1. The van der Waals surface area contributed by atoms with Crippen LogP contribution in [0, 0.1) is 13.8 Å². The molecule has 0 aliphatic heterocycles. The van der Waals surface area contributed by atoms with E-state index in [-0.39, 0.29) is 11.8 Å². The lowest BCUT2D eigenvalue weighted by atomic mass is 9.89. The van der Waals surface area contributed by atoms with Crippen LogP contribution in [0.25, 0.3) is 0 Å². The number of nitrogens with two attached hydrogens (primary N) is 1. The number of aryl methyl sites for hydroxylation is 2. The Hall–Kier alpha value is -1.31. The lowest BCUT2D eigenvalue weighted by molar-refractivity contribution is -0.118. The van der Waals surface area contributed by atoms with Crippen LogP contribution in [0.1, 0.15) is 42.4 Å². The average Bonchev–Trinajstić information content (AvgIpc) is 2.14. The van der Waals surface area contributed by atoms with Crippen LogP contribution in [-0.2, 0) is 4.79 Å². The van der Waals surface area contributed by atoms with Gasteiger partial charge in [0.25, 0.3) is 0 Å². The first-order valence-corrected chi connectivity index (χ1v) is 5.40. The van der Waals surface area contributed by atoms with Gasteiger partial charge in [0.15, 0.2) is 0 Å². The number of rotatable bonds is 4. The molecule has 1 unspecified atom stereocenters. The zero-order valence-electron chi connectivity index (χ0n) is 9.71. The summed E-state index contributed by atoms with van der Waals surface area (Å²) in [6.45, 7) is 6.25. The Kier molecular flexibility index (Phi) is 3.89. The van der Waals surface area contributed by atoms with Crippen LogP contribution in [0.3, 0.4) is 0 Å². The summed E-state index contributed by atoms with van der Waals surface area (Å²) in [7, 11) is 0. The topological polar surface area (TPSA) is 43.1 Å². The molecule has 0 saturated heterocycles. The van der Waals surface area contributed by atoms with Crippen LogP contribution in [0.15, 0.2) is 18.2 Å². The quantitative estimate of drug-likeness (QED) is 0.806. The highest BCUT2D eigenvalue weighted by atomic mass is 16.1. The summed E-state index contributed by atoms with van der Waals surface area (Å²) in [6, 6.07) is 6.35. The average molecular weight is 205 g/mol. The third kappa shape index (κ3) is 3.08. The molecule has 15 heavy (non-hydrogen) atoms. The standard InChI is InChI=1S/C13H19NO/c1-4-11(8-13(14)15)12-6-5-9(2)7-10(12)3/h5-7,11H,4,8H2,1-3H3,(H2,14,15). The van der Waals surface area contributed by atoms with Gasteiger partial charge in [0.05, 0.1) is 0 Å². The monoisotopic (exact) mass is 205 g/mol. The Morgan fingerprint density at radius 3 is 2.53 bits per heavy atom. The third-order valence-electron chi connectivity index (χ3n) is 2.81. The van der Waals surface area contributed by atoms with Crippen molar-refractivity contribution in [3.8, 4) is 0 Å². The summed E-state index contributed by atoms with van der Waals surface area (Å²) in [5.74, 6) is 0.0462. The number of carbonyl (C=O) groups excluding carboxylic acids is 1. The Labute approximate surface area is 91.5 Å². The fourth-order valence-corrected chi connectivity index (χ4v) is 2.00. The van der Waals surface area contributed by atoms with Crippen LogP contribution in [0.4, 0.5) is 0 Å². The molecule has 0 aliphatic rings. The number of amides is 1. The highest BCUT2D eigenvalue weighted by Crippen LogP contribution is 2.26. The smallest absolute Gasteiger partial charge is 0.218 e. The van der Waals surface area contributed by atoms with E-state index in [0.717, 1.165) is 6.42 Å². The van der Waals surface area contributed by atoms with Gasteiger partial charge in [-0.15, -0.1) is 0 Å². The van der Waals surface area contributed by atoms with Crippen LogP contribution >= 0.6 is 0 Å². The fraction of sp³-hybridized carbons (Fsp3) is 0.462. The molecule has 2 nitrogen and oxygen atoms in total. The summed E-state index contributed by atoms with van der Waals surface area (Å²) < 4.78 is 0. The van der Waals surface area contributed by atoms with Crippen molar-refractivity contribution < 1.29 is 4.79 Å². The van der Waals surface area contributed by atoms with Crippen molar-refractivity contribution in [1.82, 2.24) is 0 Å². The van der Waals surface area contributed by atoms with Crippen molar-refractivity contribution in [3.63, 3.8) is 0 Å². The zero-order valence-corrected chi connectivity index (χ0v) is 9.71. The fourth-order valence-electron chi connectivity index (χ4n) is 2.00. The number of hydrogen-bond donors (Lipinski definition) is 1. The van der Waals surface area contributed by atoms with Crippen molar-refractivity contribution in [2.45, 2.75) is 39.5 Å². The Morgan fingerprint density at radius 1 is 1.40 bits per heavy atom. The first-order chi connectivity index (χ1) is 7.04. The van der Waals surface area contributed by atoms with Crippen molar-refractivity contribution in [1.29, 1.82) is 0 Å². The maximum atomic E-state index is 10.9. The van der Waals surface area contributed by atoms with Gasteiger partial charge in [0.1, 0.15) is 0 Å². The van der Waals surface area contributed by atoms with E-state index >= 15 is 0 Å². The molecule has 2 N–H and O–H groups in total. The van der Waals surface area contributed by atoms with Gasteiger partial charge in [-0.25, -0.2) is 0 Å². The number of carbonyl (C=O) groups is 1. The molecule has 0 bridgehead atoms. The molecular formula is C13H19NO. The van der Waals surface area contributed by atoms with Crippen molar-refractivity contribution in [2.75, 3.05) is 0 Å². The van der Waals surface area contributed by atoms with E-state index in [2.05, 4.69) is 39.0 Å². The first-order valence-electron chi connectivity index (χ1n) is 5.40. The molecule has 0 radical (unpaired) electrons. The van der Waals surface area contributed by atoms with E-state index < -0.39 is 0 Å². The second kappa shape index (κ2) is 4.96. The molecule has 2 heteroatoms. The maximum Gasteiger partial charge on any atom is 0.218 e. The summed E-state index contributed by atoms with van der Waals surface area (Å²) in [5.41, 5.74) is 9.01. The predicted molar refractivity (Wildman–Crippen MR) is 62.8 cm³/mol. The van der Waals surface area contributed by atoms with Gasteiger partial charge in [-0.3, -0.25) is 4.79 Å². The number of hydrogen-bond acceptors (Lipinski definition) is 1. The summed E-state index contributed by atoms with van der Waals surface area (Å²) in [4.78, 5) is 10.9. The molecule has 0 fully saturated rings.